The van der Waals surface area contributed by atoms with Gasteiger partial charge in [0.05, 0.1) is 18.5 Å². The summed E-state index contributed by atoms with van der Waals surface area (Å²) in [4.78, 5) is 20.3. The van der Waals surface area contributed by atoms with Crippen LogP contribution in [0.3, 0.4) is 0 Å². The molecule has 0 fully saturated rings. The van der Waals surface area contributed by atoms with Crippen LogP contribution in [0.4, 0.5) is 5.82 Å². The minimum Gasteiger partial charge on any atom is -0.392 e. The number of anilines is 1. The van der Waals surface area contributed by atoms with Crippen LogP contribution in [0.25, 0.3) is 11.3 Å². The molecule has 0 saturated carbocycles. The third kappa shape index (κ3) is 3.93. The molecule has 1 aromatic heterocycles. The lowest BCUT2D eigenvalue weighted by Gasteiger charge is -2.16. The number of hydrogen-bond acceptors (Lipinski definition) is 5. The van der Waals surface area contributed by atoms with Gasteiger partial charge < -0.3 is 15.5 Å². The quantitative estimate of drug-likeness (QED) is 0.658. The van der Waals surface area contributed by atoms with Crippen LogP contribution in [0.1, 0.15) is 29.8 Å². The van der Waals surface area contributed by atoms with Crippen LogP contribution in [-0.2, 0) is 11.4 Å². The minimum absolute atomic E-state index is 0.0363. The van der Waals surface area contributed by atoms with Crippen molar-refractivity contribution in [2.45, 2.75) is 19.6 Å². The highest BCUT2D eigenvalue weighted by Gasteiger charge is 2.19. The molecule has 6 nitrogen and oxygen atoms in total. The standard InChI is InChI=1S/C20H19N3O3/c1-13(25)22-20-18(19(26)16-5-3-2-4-6-16)23-17(11-21-20)15-9-7-14(12-24)8-10-15/h2-11,19,24,26H,12H2,1H3,(H,21,22,25). The van der Waals surface area contributed by atoms with Gasteiger partial charge in [-0.3, -0.25) is 4.79 Å². The molecule has 6 heteroatoms. The van der Waals surface area contributed by atoms with Crippen molar-refractivity contribution in [1.82, 2.24) is 9.97 Å². The van der Waals surface area contributed by atoms with E-state index in [4.69, 9.17) is 5.11 Å². The van der Waals surface area contributed by atoms with Crippen LogP contribution in [-0.4, -0.2) is 26.1 Å². The molecule has 0 bridgehead atoms. The summed E-state index contributed by atoms with van der Waals surface area (Å²) in [6.45, 7) is 1.34. The number of nitrogens with zero attached hydrogens (tertiary/aromatic N) is 2. The van der Waals surface area contributed by atoms with Gasteiger partial charge in [0, 0.05) is 12.5 Å². The number of rotatable bonds is 5. The van der Waals surface area contributed by atoms with E-state index in [1.165, 1.54) is 6.92 Å². The van der Waals surface area contributed by atoms with E-state index in [1.54, 1.807) is 30.5 Å². The second-order valence-electron chi connectivity index (χ2n) is 5.84. The number of aromatic nitrogens is 2. The molecule has 1 atom stereocenters. The summed E-state index contributed by atoms with van der Waals surface area (Å²) < 4.78 is 0. The molecule has 0 aliphatic carbocycles. The SMILES string of the molecule is CC(=O)Nc1ncc(-c2ccc(CO)cc2)nc1C(O)c1ccccc1. The maximum atomic E-state index is 11.5. The van der Waals surface area contributed by atoms with Crippen molar-refractivity contribution in [3.05, 3.63) is 77.6 Å². The minimum atomic E-state index is -1.03. The predicted octanol–water partition coefficient (Wildman–Crippen LogP) is 2.68. The Balaban J connectivity index is 2.04. The summed E-state index contributed by atoms with van der Waals surface area (Å²) in [6.07, 6.45) is 0.516. The Hall–Kier alpha value is -3.09. The number of carbonyl (C=O) groups excluding carboxylic acids is 1. The van der Waals surface area contributed by atoms with Gasteiger partial charge in [-0.1, -0.05) is 54.6 Å². The Labute approximate surface area is 151 Å². The second kappa shape index (κ2) is 7.86. The molecule has 26 heavy (non-hydrogen) atoms. The van der Waals surface area contributed by atoms with E-state index in [2.05, 4.69) is 15.3 Å². The number of aliphatic hydroxyl groups excluding tert-OH is 2. The lowest BCUT2D eigenvalue weighted by molar-refractivity contribution is -0.114. The fourth-order valence-electron chi connectivity index (χ4n) is 2.57. The van der Waals surface area contributed by atoms with Gasteiger partial charge in [-0.25, -0.2) is 9.97 Å². The maximum absolute atomic E-state index is 11.5. The van der Waals surface area contributed by atoms with Crippen molar-refractivity contribution in [1.29, 1.82) is 0 Å². The number of amides is 1. The third-order valence-corrected chi connectivity index (χ3v) is 3.90. The van der Waals surface area contributed by atoms with Crippen LogP contribution in [0, 0.1) is 0 Å². The molecule has 3 rings (SSSR count). The normalized spacial score (nSPS) is 11.8. The zero-order chi connectivity index (χ0) is 18.5. The van der Waals surface area contributed by atoms with Crippen molar-refractivity contribution in [3.63, 3.8) is 0 Å². The Bertz CT molecular complexity index is 896. The molecule has 1 heterocycles. The zero-order valence-electron chi connectivity index (χ0n) is 14.3. The van der Waals surface area contributed by atoms with Gasteiger partial charge in [-0.05, 0) is 11.1 Å². The Morgan fingerprint density at radius 1 is 1.12 bits per heavy atom. The molecule has 1 amide bonds. The van der Waals surface area contributed by atoms with Gasteiger partial charge in [0.1, 0.15) is 11.8 Å². The number of nitrogens with one attached hydrogen (secondary N) is 1. The first-order chi connectivity index (χ1) is 12.6. The van der Waals surface area contributed by atoms with E-state index in [0.29, 0.717) is 11.3 Å². The van der Waals surface area contributed by atoms with E-state index < -0.39 is 6.10 Å². The molecule has 0 aliphatic heterocycles. The lowest BCUT2D eigenvalue weighted by atomic mass is 10.1. The summed E-state index contributed by atoms with van der Waals surface area (Å²) in [6, 6.07) is 16.3. The van der Waals surface area contributed by atoms with Crippen LogP contribution < -0.4 is 5.32 Å². The lowest BCUT2D eigenvalue weighted by Crippen LogP contribution is -2.14. The average molecular weight is 349 g/mol. The highest BCUT2D eigenvalue weighted by molar-refractivity contribution is 5.88. The first-order valence-corrected chi connectivity index (χ1v) is 8.16. The molecule has 132 valence electrons. The fraction of sp³-hybridized carbons (Fsp3) is 0.150. The highest BCUT2D eigenvalue weighted by atomic mass is 16.3. The smallest absolute Gasteiger partial charge is 0.222 e. The van der Waals surface area contributed by atoms with Crippen molar-refractivity contribution in [2.24, 2.45) is 0 Å². The summed E-state index contributed by atoms with van der Waals surface area (Å²) in [5.74, 6) is -0.0644. The molecule has 0 aliphatic rings. The second-order valence-corrected chi connectivity index (χ2v) is 5.84. The largest absolute Gasteiger partial charge is 0.392 e. The van der Waals surface area contributed by atoms with E-state index in [0.717, 1.165) is 11.1 Å². The van der Waals surface area contributed by atoms with Crippen LogP contribution >= 0.6 is 0 Å². The highest BCUT2D eigenvalue weighted by Crippen LogP contribution is 2.28. The molecule has 0 spiro atoms. The fourth-order valence-corrected chi connectivity index (χ4v) is 2.57. The monoisotopic (exact) mass is 349 g/mol. The van der Waals surface area contributed by atoms with E-state index in [9.17, 15) is 9.90 Å². The van der Waals surface area contributed by atoms with E-state index in [-0.39, 0.29) is 24.0 Å². The summed E-state index contributed by atoms with van der Waals surface area (Å²) >= 11 is 0. The Morgan fingerprint density at radius 3 is 2.42 bits per heavy atom. The van der Waals surface area contributed by atoms with E-state index in [1.807, 2.05) is 30.3 Å². The zero-order valence-corrected chi connectivity index (χ0v) is 14.3. The van der Waals surface area contributed by atoms with Gasteiger partial charge in [0.2, 0.25) is 5.91 Å². The van der Waals surface area contributed by atoms with Gasteiger partial charge in [-0.15, -0.1) is 0 Å². The molecule has 3 aromatic rings. The van der Waals surface area contributed by atoms with Crippen molar-refractivity contribution in [2.75, 3.05) is 5.32 Å². The molecule has 1 unspecified atom stereocenters. The Morgan fingerprint density at radius 2 is 1.81 bits per heavy atom. The molecule has 3 N–H and O–H groups in total. The van der Waals surface area contributed by atoms with Crippen LogP contribution in [0.15, 0.2) is 60.8 Å². The summed E-state index contributed by atoms with van der Waals surface area (Å²) in [5.41, 5.74) is 3.08. The maximum Gasteiger partial charge on any atom is 0.222 e. The van der Waals surface area contributed by atoms with Gasteiger partial charge in [0.25, 0.3) is 0 Å². The van der Waals surface area contributed by atoms with Crippen molar-refractivity contribution < 1.29 is 15.0 Å². The van der Waals surface area contributed by atoms with Crippen molar-refractivity contribution in [3.8, 4) is 11.3 Å². The molecule has 0 radical (unpaired) electrons. The summed E-state index contributed by atoms with van der Waals surface area (Å²) in [5, 5.41) is 22.5. The number of benzene rings is 2. The van der Waals surface area contributed by atoms with Crippen LogP contribution in [0.2, 0.25) is 0 Å². The Kier molecular flexibility index (Phi) is 5.36. The van der Waals surface area contributed by atoms with E-state index >= 15 is 0 Å². The van der Waals surface area contributed by atoms with Crippen molar-refractivity contribution >= 4 is 11.7 Å². The van der Waals surface area contributed by atoms with Gasteiger partial charge in [0.15, 0.2) is 5.82 Å². The molecular formula is C20H19N3O3. The first kappa shape index (κ1) is 17.7. The predicted molar refractivity (Wildman–Crippen MR) is 98.2 cm³/mol. The number of aliphatic hydroxyl groups is 2. The molecular weight excluding hydrogens is 330 g/mol. The molecule has 2 aromatic carbocycles. The average Bonchev–Trinajstić information content (AvgIpc) is 2.68. The van der Waals surface area contributed by atoms with Gasteiger partial charge in [-0.2, -0.15) is 0 Å². The van der Waals surface area contributed by atoms with Crippen LogP contribution in [0.5, 0.6) is 0 Å². The first-order valence-electron chi connectivity index (χ1n) is 8.16. The van der Waals surface area contributed by atoms with Gasteiger partial charge >= 0.3 is 0 Å². The number of hydrogen-bond donors (Lipinski definition) is 3. The molecule has 0 saturated heterocycles. The third-order valence-electron chi connectivity index (χ3n) is 3.90. The topological polar surface area (TPSA) is 95.3 Å². The summed E-state index contributed by atoms with van der Waals surface area (Å²) in [7, 11) is 0. The number of carbonyl (C=O) groups is 1.